The van der Waals surface area contributed by atoms with Crippen LogP contribution >= 0.6 is 0 Å². The van der Waals surface area contributed by atoms with Crippen LogP contribution in [-0.4, -0.2) is 43.5 Å². The number of amides is 1. The lowest BCUT2D eigenvalue weighted by Crippen LogP contribution is -2.41. The summed E-state index contributed by atoms with van der Waals surface area (Å²) < 4.78 is 31.8. The molecule has 0 saturated carbocycles. The molecule has 0 spiro atoms. The van der Waals surface area contributed by atoms with Gasteiger partial charge < -0.3 is 15.2 Å². The minimum Gasteiger partial charge on any atom is -0.495 e. The second-order valence-corrected chi connectivity index (χ2v) is 9.02. The van der Waals surface area contributed by atoms with Gasteiger partial charge in [-0.1, -0.05) is 29.8 Å². The highest BCUT2D eigenvalue weighted by molar-refractivity contribution is 7.89. The number of sulfonamides is 1. The SMILES string of the molecule is COc1cccnc1.Cc1ccc(S(=O)(=O)NC(C)C(=O)Nc2ccc(CC(=O)O)cc2)cc1. The van der Waals surface area contributed by atoms with Crippen molar-refractivity contribution in [2.45, 2.75) is 31.2 Å². The molecule has 9 nitrogen and oxygen atoms in total. The van der Waals surface area contributed by atoms with Crippen LogP contribution < -0.4 is 14.8 Å². The summed E-state index contributed by atoms with van der Waals surface area (Å²) in [6.07, 6.45) is 3.27. The number of anilines is 1. The zero-order valence-electron chi connectivity index (χ0n) is 19.1. The highest BCUT2D eigenvalue weighted by Gasteiger charge is 2.22. The molecule has 3 rings (SSSR count). The second-order valence-electron chi connectivity index (χ2n) is 7.31. The van der Waals surface area contributed by atoms with Crippen LogP contribution in [0.15, 0.2) is 78.0 Å². The third kappa shape index (κ3) is 8.64. The van der Waals surface area contributed by atoms with Crippen LogP contribution in [-0.2, 0) is 26.0 Å². The van der Waals surface area contributed by atoms with Gasteiger partial charge in [-0.3, -0.25) is 14.6 Å². The van der Waals surface area contributed by atoms with Crippen molar-refractivity contribution in [1.29, 1.82) is 0 Å². The maximum Gasteiger partial charge on any atom is 0.307 e. The van der Waals surface area contributed by atoms with E-state index in [2.05, 4.69) is 15.0 Å². The van der Waals surface area contributed by atoms with Gasteiger partial charge in [-0.05, 0) is 55.8 Å². The van der Waals surface area contributed by atoms with E-state index in [9.17, 15) is 18.0 Å². The van der Waals surface area contributed by atoms with Crippen molar-refractivity contribution >= 4 is 27.6 Å². The molecule has 0 aliphatic rings. The lowest BCUT2D eigenvalue weighted by molar-refractivity contribution is -0.136. The van der Waals surface area contributed by atoms with Crippen LogP contribution in [0, 0.1) is 6.92 Å². The van der Waals surface area contributed by atoms with Gasteiger partial charge in [0.2, 0.25) is 15.9 Å². The first-order valence-electron chi connectivity index (χ1n) is 10.3. The Morgan fingerprint density at radius 2 is 1.71 bits per heavy atom. The van der Waals surface area contributed by atoms with Crippen LogP contribution in [0.2, 0.25) is 0 Å². The number of hydrogen-bond donors (Lipinski definition) is 3. The van der Waals surface area contributed by atoms with Crippen molar-refractivity contribution in [3.8, 4) is 5.75 Å². The zero-order valence-corrected chi connectivity index (χ0v) is 19.9. The van der Waals surface area contributed by atoms with Gasteiger partial charge in [0.05, 0.1) is 30.7 Å². The van der Waals surface area contributed by atoms with E-state index in [1.54, 1.807) is 55.9 Å². The third-order valence-electron chi connectivity index (χ3n) is 4.50. The number of carbonyl (C=O) groups is 2. The van der Waals surface area contributed by atoms with Crippen molar-refractivity contribution in [1.82, 2.24) is 9.71 Å². The van der Waals surface area contributed by atoms with Crippen molar-refractivity contribution < 1.29 is 27.9 Å². The summed E-state index contributed by atoms with van der Waals surface area (Å²) in [4.78, 5) is 26.8. The fourth-order valence-corrected chi connectivity index (χ4v) is 3.87. The predicted octanol–water partition coefficient (Wildman–Crippen LogP) is 3.02. The van der Waals surface area contributed by atoms with Gasteiger partial charge in [-0.15, -0.1) is 0 Å². The molecule has 180 valence electrons. The number of rotatable bonds is 8. The molecule has 0 aliphatic carbocycles. The molecule has 0 fully saturated rings. The molecule has 0 radical (unpaired) electrons. The first-order chi connectivity index (χ1) is 16.1. The number of carbonyl (C=O) groups excluding carboxylic acids is 1. The molecule has 0 bridgehead atoms. The number of hydrogen-bond acceptors (Lipinski definition) is 6. The molecule has 10 heteroatoms. The van der Waals surface area contributed by atoms with Crippen molar-refractivity contribution in [3.05, 3.63) is 84.2 Å². The smallest absolute Gasteiger partial charge is 0.307 e. The monoisotopic (exact) mass is 485 g/mol. The number of aromatic nitrogens is 1. The number of nitrogens with one attached hydrogen (secondary N) is 2. The molecule has 1 amide bonds. The lowest BCUT2D eigenvalue weighted by atomic mass is 10.1. The molecule has 2 aromatic carbocycles. The minimum absolute atomic E-state index is 0.0840. The number of ether oxygens (including phenoxy) is 1. The number of nitrogens with zero attached hydrogens (tertiary/aromatic N) is 1. The number of carboxylic acids is 1. The number of aliphatic carboxylic acids is 1. The third-order valence-corrected chi connectivity index (χ3v) is 6.06. The lowest BCUT2D eigenvalue weighted by Gasteiger charge is -2.15. The Labute approximate surface area is 198 Å². The molecule has 1 unspecified atom stereocenters. The van der Waals surface area contributed by atoms with E-state index < -0.39 is 27.9 Å². The Bertz CT molecular complexity index is 1180. The number of carboxylic acid groups (broad SMARTS) is 1. The van der Waals surface area contributed by atoms with E-state index in [0.29, 0.717) is 11.3 Å². The Morgan fingerprint density at radius 3 is 2.21 bits per heavy atom. The summed E-state index contributed by atoms with van der Waals surface area (Å²) in [5.74, 6) is -0.667. The van der Waals surface area contributed by atoms with E-state index in [-0.39, 0.29) is 11.3 Å². The van der Waals surface area contributed by atoms with Gasteiger partial charge in [-0.2, -0.15) is 4.72 Å². The quantitative estimate of drug-likeness (QED) is 0.446. The highest BCUT2D eigenvalue weighted by atomic mass is 32.2. The Hall–Kier alpha value is -3.76. The van der Waals surface area contributed by atoms with Gasteiger partial charge in [0, 0.05) is 11.9 Å². The molecule has 3 N–H and O–H groups in total. The van der Waals surface area contributed by atoms with E-state index in [0.717, 1.165) is 11.3 Å². The normalized spacial score (nSPS) is 11.5. The van der Waals surface area contributed by atoms with E-state index >= 15 is 0 Å². The van der Waals surface area contributed by atoms with Gasteiger partial charge in [-0.25, -0.2) is 8.42 Å². The predicted molar refractivity (Wildman–Crippen MR) is 128 cm³/mol. The van der Waals surface area contributed by atoms with Crippen LogP contribution in [0.25, 0.3) is 0 Å². The summed E-state index contributed by atoms with van der Waals surface area (Å²) in [5.41, 5.74) is 1.98. The minimum atomic E-state index is -3.81. The number of pyridine rings is 1. The summed E-state index contributed by atoms with van der Waals surface area (Å²) >= 11 is 0. The first-order valence-corrected chi connectivity index (χ1v) is 11.7. The second kappa shape index (κ2) is 12.5. The van der Waals surface area contributed by atoms with Crippen molar-refractivity contribution in [2.75, 3.05) is 12.4 Å². The van der Waals surface area contributed by atoms with E-state index in [1.165, 1.54) is 19.1 Å². The van der Waals surface area contributed by atoms with Crippen LogP contribution in [0.1, 0.15) is 18.1 Å². The average molecular weight is 486 g/mol. The summed E-state index contributed by atoms with van der Waals surface area (Å²) in [5, 5.41) is 11.3. The van der Waals surface area contributed by atoms with Gasteiger partial charge in [0.1, 0.15) is 5.75 Å². The Kier molecular flexibility index (Phi) is 9.72. The molecular formula is C24H27N3O6S. The zero-order chi connectivity index (χ0) is 25.1. The van der Waals surface area contributed by atoms with Crippen LogP contribution in [0.5, 0.6) is 5.75 Å². The fourth-order valence-electron chi connectivity index (χ4n) is 2.67. The van der Waals surface area contributed by atoms with Gasteiger partial charge in [0.25, 0.3) is 0 Å². The molecule has 34 heavy (non-hydrogen) atoms. The van der Waals surface area contributed by atoms with Gasteiger partial charge in [0.15, 0.2) is 0 Å². The fraction of sp³-hybridized carbons (Fsp3) is 0.208. The summed E-state index contributed by atoms with van der Waals surface area (Å²) in [6.45, 7) is 3.29. The number of methoxy groups -OCH3 is 1. The topological polar surface area (TPSA) is 135 Å². The molecule has 0 aliphatic heterocycles. The molecule has 1 heterocycles. The number of benzene rings is 2. The molecule has 0 saturated heterocycles. The molecule has 3 aromatic rings. The summed E-state index contributed by atoms with van der Waals surface area (Å²) in [6, 6.07) is 15.3. The van der Waals surface area contributed by atoms with E-state index in [1.807, 2.05) is 19.1 Å². The van der Waals surface area contributed by atoms with Crippen molar-refractivity contribution in [2.24, 2.45) is 0 Å². The Balaban J connectivity index is 0.000000430. The maximum absolute atomic E-state index is 12.3. The van der Waals surface area contributed by atoms with Crippen molar-refractivity contribution in [3.63, 3.8) is 0 Å². The van der Waals surface area contributed by atoms with Gasteiger partial charge >= 0.3 is 5.97 Å². The first kappa shape index (κ1) is 26.5. The van der Waals surface area contributed by atoms with Crippen LogP contribution in [0.3, 0.4) is 0 Å². The van der Waals surface area contributed by atoms with E-state index in [4.69, 9.17) is 9.84 Å². The molecule has 1 aromatic heterocycles. The average Bonchev–Trinajstić information content (AvgIpc) is 2.81. The summed E-state index contributed by atoms with van der Waals surface area (Å²) in [7, 11) is -2.19. The standard InChI is InChI=1S/C18H20N2O5S.C6H7NO/c1-12-3-9-16(10-4-12)26(24,25)20-13(2)18(23)19-15-7-5-14(6-8-15)11-17(21)22;1-8-6-3-2-4-7-5-6/h3-10,13,20H,11H2,1-2H3,(H,19,23)(H,21,22);2-5H,1H3. The Morgan fingerprint density at radius 1 is 1.06 bits per heavy atom. The molecule has 1 atom stereocenters. The number of aryl methyl sites for hydroxylation is 1. The largest absolute Gasteiger partial charge is 0.495 e. The molecular weight excluding hydrogens is 458 g/mol. The van der Waals surface area contributed by atoms with Crippen LogP contribution in [0.4, 0.5) is 5.69 Å². The maximum atomic E-state index is 12.3. The highest BCUT2D eigenvalue weighted by Crippen LogP contribution is 2.13.